The smallest absolute Gasteiger partial charge is 0.337 e. The highest BCUT2D eigenvalue weighted by atomic mass is 16.5. The Morgan fingerprint density at radius 2 is 2.00 bits per heavy atom. The second kappa shape index (κ2) is 7.88. The predicted molar refractivity (Wildman–Crippen MR) is 97.6 cm³/mol. The number of hydrogen-bond acceptors (Lipinski definition) is 5. The molecule has 7 nitrogen and oxygen atoms in total. The van der Waals surface area contributed by atoms with Crippen molar-refractivity contribution in [2.45, 2.75) is 0 Å². The third-order valence-electron chi connectivity index (χ3n) is 4.21. The molecular formula is C19H20N2O5. The number of carboxylic acid groups (broad SMARTS) is 1. The molecule has 1 fully saturated rings. The van der Waals surface area contributed by atoms with Crippen LogP contribution in [-0.2, 0) is 9.53 Å². The van der Waals surface area contributed by atoms with E-state index in [1.54, 1.807) is 37.4 Å². The quantitative estimate of drug-likeness (QED) is 0.829. The Morgan fingerprint density at radius 1 is 1.23 bits per heavy atom. The summed E-state index contributed by atoms with van der Waals surface area (Å²) in [6.07, 6.45) is 4.48. The third kappa shape index (κ3) is 3.94. The number of likely N-dealkylation sites (N-methyl/N-ethyl adjacent to an activating group) is 1. The van der Waals surface area contributed by atoms with E-state index in [1.807, 2.05) is 4.90 Å². The lowest BCUT2D eigenvalue weighted by molar-refractivity contribution is -0.113. The molecule has 1 aliphatic heterocycles. The number of furan rings is 1. The lowest BCUT2D eigenvalue weighted by atomic mass is 10.1. The number of morpholine rings is 1. The Bertz CT molecular complexity index is 807. The van der Waals surface area contributed by atoms with E-state index >= 15 is 0 Å². The van der Waals surface area contributed by atoms with Gasteiger partial charge in [0.15, 0.2) is 0 Å². The number of anilines is 2. The van der Waals surface area contributed by atoms with Gasteiger partial charge in [-0.15, -0.1) is 0 Å². The van der Waals surface area contributed by atoms with Crippen molar-refractivity contribution >= 4 is 29.3 Å². The summed E-state index contributed by atoms with van der Waals surface area (Å²) in [5.74, 6) is -0.738. The van der Waals surface area contributed by atoms with E-state index in [0.29, 0.717) is 43.4 Å². The summed E-state index contributed by atoms with van der Waals surface area (Å²) < 4.78 is 10.5. The highest BCUT2D eigenvalue weighted by Crippen LogP contribution is 2.27. The molecule has 1 saturated heterocycles. The fourth-order valence-electron chi connectivity index (χ4n) is 2.76. The molecule has 0 spiro atoms. The molecule has 1 aromatic carbocycles. The molecule has 1 aliphatic rings. The number of benzene rings is 1. The van der Waals surface area contributed by atoms with Crippen LogP contribution in [0.2, 0.25) is 0 Å². The van der Waals surface area contributed by atoms with Gasteiger partial charge in [-0.2, -0.15) is 0 Å². The molecule has 26 heavy (non-hydrogen) atoms. The van der Waals surface area contributed by atoms with Gasteiger partial charge in [-0.25, -0.2) is 4.79 Å². The average Bonchev–Trinajstić information content (AvgIpc) is 3.19. The van der Waals surface area contributed by atoms with Gasteiger partial charge in [-0.05, 0) is 36.4 Å². The first-order valence-corrected chi connectivity index (χ1v) is 8.25. The van der Waals surface area contributed by atoms with Crippen molar-refractivity contribution < 1.29 is 23.8 Å². The van der Waals surface area contributed by atoms with E-state index in [4.69, 9.17) is 9.15 Å². The molecular weight excluding hydrogens is 336 g/mol. The van der Waals surface area contributed by atoms with Crippen molar-refractivity contribution in [1.82, 2.24) is 0 Å². The first kappa shape index (κ1) is 17.8. The van der Waals surface area contributed by atoms with Crippen LogP contribution in [0.1, 0.15) is 16.1 Å². The maximum absolute atomic E-state index is 12.3. The summed E-state index contributed by atoms with van der Waals surface area (Å²) in [5.41, 5.74) is 1.31. The molecule has 0 radical (unpaired) electrons. The Morgan fingerprint density at radius 3 is 2.65 bits per heavy atom. The van der Waals surface area contributed by atoms with Gasteiger partial charge in [-0.3, -0.25) is 4.79 Å². The maximum atomic E-state index is 12.3. The number of ether oxygens (including phenoxy) is 1. The van der Waals surface area contributed by atoms with Gasteiger partial charge in [-0.1, -0.05) is 0 Å². The summed E-state index contributed by atoms with van der Waals surface area (Å²) in [5, 5.41) is 9.58. The van der Waals surface area contributed by atoms with Gasteiger partial charge in [0.25, 0.3) is 5.91 Å². The topological polar surface area (TPSA) is 83.2 Å². The van der Waals surface area contributed by atoms with Crippen LogP contribution in [0.5, 0.6) is 0 Å². The van der Waals surface area contributed by atoms with E-state index in [9.17, 15) is 14.7 Å². The standard InChI is InChI=1S/C19H20N2O5/c1-20(18(22)7-5-15-3-2-10-26-15)14-4-6-17(16(13-14)19(23)24)21-8-11-25-12-9-21/h2-7,10,13H,8-9,11-12H2,1H3,(H,23,24)/b7-5+. The minimum absolute atomic E-state index is 0.166. The molecule has 0 unspecified atom stereocenters. The Balaban J connectivity index is 1.81. The molecule has 1 amide bonds. The summed E-state index contributed by atoms with van der Waals surface area (Å²) in [6, 6.07) is 8.48. The fraction of sp³-hybridized carbons (Fsp3) is 0.263. The monoisotopic (exact) mass is 356 g/mol. The van der Waals surface area contributed by atoms with Crippen molar-refractivity contribution in [3.63, 3.8) is 0 Å². The lowest BCUT2D eigenvalue weighted by Crippen LogP contribution is -2.37. The van der Waals surface area contributed by atoms with E-state index in [1.165, 1.54) is 23.3 Å². The van der Waals surface area contributed by atoms with Crippen LogP contribution in [0, 0.1) is 0 Å². The number of rotatable bonds is 5. The normalized spacial score (nSPS) is 14.6. The maximum Gasteiger partial charge on any atom is 0.337 e. The second-order valence-electron chi connectivity index (χ2n) is 5.85. The predicted octanol–water partition coefficient (Wildman–Crippen LogP) is 2.49. The Kier molecular flexibility index (Phi) is 5.38. The number of carboxylic acids is 1. The number of carbonyl (C=O) groups excluding carboxylic acids is 1. The van der Waals surface area contributed by atoms with Gasteiger partial charge in [0, 0.05) is 31.9 Å². The minimum atomic E-state index is -1.03. The van der Waals surface area contributed by atoms with Crippen LogP contribution >= 0.6 is 0 Å². The Labute approximate surface area is 151 Å². The van der Waals surface area contributed by atoms with Crippen LogP contribution in [-0.4, -0.2) is 50.3 Å². The minimum Gasteiger partial charge on any atom is -0.478 e. The van der Waals surface area contributed by atoms with E-state index in [2.05, 4.69) is 0 Å². The van der Waals surface area contributed by atoms with Gasteiger partial charge in [0.05, 0.1) is 30.7 Å². The second-order valence-corrected chi connectivity index (χ2v) is 5.85. The van der Waals surface area contributed by atoms with Crippen molar-refractivity contribution in [3.8, 4) is 0 Å². The van der Waals surface area contributed by atoms with E-state index in [0.717, 1.165) is 0 Å². The largest absolute Gasteiger partial charge is 0.478 e. The molecule has 7 heteroatoms. The van der Waals surface area contributed by atoms with Gasteiger partial charge in [0.1, 0.15) is 5.76 Å². The molecule has 3 rings (SSSR count). The highest BCUT2D eigenvalue weighted by molar-refractivity contribution is 6.04. The molecule has 0 atom stereocenters. The summed E-state index contributed by atoms with van der Waals surface area (Å²) >= 11 is 0. The number of carbonyl (C=O) groups is 2. The molecule has 136 valence electrons. The highest BCUT2D eigenvalue weighted by Gasteiger charge is 2.20. The molecule has 2 heterocycles. The van der Waals surface area contributed by atoms with Crippen LogP contribution in [0.4, 0.5) is 11.4 Å². The van der Waals surface area contributed by atoms with Crippen molar-refractivity contribution in [3.05, 3.63) is 54.0 Å². The zero-order valence-corrected chi connectivity index (χ0v) is 14.4. The van der Waals surface area contributed by atoms with Gasteiger partial charge in [0.2, 0.25) is 0 Å². The lowest BCUT2D eigenvalue weighted by Gasteiger charge is -2.30. The number of nitrogens with zero attached hydrogens (tertiary/aromatic N) is 2. The molecule has 1 aromatic heterocycles. The van der Waals surface area contributed by atoms with Crippen LogP contribution in [0.3, 0.4) is 0 Å². The van der Waals surface area contributed by atoms with Crippen molar-refractivity contribution in [2.75, 3.05) is 43.2 Å². The van der Waals surface area contributed by atoms with Crippen LogP contribution in [0.25, 0.3) is 6.08 Å². The fourth-order valence-corrected chi connectivity index (χ4v) is 2.76. The first-order chi connectivity index (χ1) is 12.6. The molecule has 2 aromatic rings. The number of amides is 1. The van der Waals surface area contributed by atoms with Gasteiger partial charge < -0.3 is 24.1 Å². The molecule has 0 aliphatic carbocycles. The van der Waals surface area contributed by atoms with Crippen molar-refractivity contribution in [2.24, 2.45) is 0 Å². The first-order valence-electron chi connectivity index (χ1n) is 8.25. The molecule has 0 bridgehead atoms. The molecule has 1 N–H and O–H groups in total. The zero-order valence-electron chi connectivity index (χ0n) is 14.4. The zero-order chi connectivity index (χ0) is 18.5. The number of aromatic carboxylic acids is 1. The average molecular weight is 356 g/mol. The number of hydrogen-bond donors (Lipinski definition) is 1. The molecule has 0 saturated carbocycles. The van der Waals surface area contributed by atoms with E-state index < -0.39 is 5.97 Å². The third-order valence-corrected chi connectivity index (χ3v) is 4.21. The van der Waals surface area contributed by atoms with Crippen LogP contribution < -0.4 is 9.80 Å². The Hall–Kier alpha value is -3.06. The van der Waals surface area contributed by atoms with E-state index in [-0.39, 0.29) is 11.5 Å². The van der Waals surface area contributed by atoms with Gasteiger partial charge >= 0.3 is 5.97 Å². The van der Waals surface area contributed by atoms with Crippen molar-refractivity contribution in [1.29, 1.82) is 0 Å². The summed E-state index contributed by atoms with van der Waals surface area (Å²) in [4.78, 5) is 27.4. The summed E-state index contributed by atoms with van der Waals surface area (Å²) in [7, 11) is 1.60. The SMILES string of the molecule is CN(C(=O)/C=C/c1ccco1)c1ccc(N2CCOCC2)c(C(=O)O)c1. The summed E-state index contributed by atoms with van der Waals surface area (Å²) in [6.45, 7) is 2.41. The van der Waals surface area contributed by atoms with Crippen LogP contribution in [0.15, 0.2) is 47.1 Å².